The van der Waals surface area contributed by atoms with Gasteiger partial charge in [0.15, 0.2) is 23.1 Å². The van der Waals surface area contributed by atoms with Gasteiger partial charge in [-0.15, -0.1) is 0 Å². The van der Waals surface area contributed by atoms with E-state index < -0.39 is 40.4 Å². The number of ether oxygens (including phenoxy) is 1. The summed E-state index contributed by atoms with van der Waals surface area (Å²) in [5.74, 6) is -4.46. The van der Waals surface area contributed by atoms with Crippen LogP contribution in [-0.2, 0) is 0 Å². The number of phenolic OH excluding ortho intramolecular Hbond substituents is 2. The van der Waals surface area contributed by atoms with Gasteiger partial charge in [0.2, 0.25) is 0 Å². The zero-order valence-electron chi connectivity index (χ0n) is 19.7. The molecule has 0 amide bonds. The highest BCUT2D eigenvalue weighted by atomic mass is 16.5. The maximum absolute atomic E-state index is 13.3. The Balaban J connectivity index is 1.44. The highest BCUT2D eigenvalue weighted by Gasteiger charge is 2.37. The molecule has 2 aliphatic carbocycles. The van der Waals surface area contributed by atoms with Gasteiger partial charge in [0, 0.05) is 33.4 Å². The summed E-state index contributed by atoms with van der Waals surface area (Å²) in [5.41, 5.74) is -0.520. The molecule has 0 saturated carbocycles. The van der Waals surface area contributed by atoms with Gasteiger partial charge in [0.05, 0.1) is 11.1 Å². The maximum Gasteiger partial charge on any atom is 0.347 e. The number of aromatic hydroxyl groups is 2. The molecule has 8 nitrogen and oxygen atoms in total. The zero-order chi connectivity index (χ0) is 26.9. The molecule has 0 fully saturated rings. The number of benzene rings is 4. The third kappa shape index (κ3) is 3.07. The maximum atomic E-state index is 13.3. The Bertz CT molecular complexity index is 1810. The number of hydrogen-bond acceptors (Lipinski definition) is 8. The van der Waals surface area contributed by atoms with Crippen LogP contribution in [-0.4, -0.2) is 39.3 Å². The smallest absolute Gasteiger partial charge is 0.347 e. The van der Waals surface area contributed by atoms with Crippen LogP contribution in [0.25, 0.3) is 0 Å². The van der Waals surface area contributed by atoms with Crippen LogP contribution >= 0.6 is 0 Å². The Labute approximate surface area is 214 Å². The van der Waals surface area contributed by atoms with E-state index in [1.165, 1.54) is 49.4 Å². The second kappa shape index (κ2) is 8.07. The van der Waals surface area contributed by atoms with Gasteiger partial charge in [-0.1, -0.05) is 48.5 Å². The molecule has 4 aromatic carbocycles. The van der Waals surface area contributed by atoms with Crippen LogP contribution in [0.4, 0.5) is 0 Å². The quantitative estimate of drug-likeness (QED) is 0.265. The molecule has 6 rings (SSSR count). The first-order valence-corrected chi connectivity index (χ1v) is 11.5. The SMILES string of the molecule is Cc1c(C(=O)Oc2cccc3c2C(=O)c2ccccc2C3=O)c(O)cc2c1C(=O)c1c(O)cccc1C2=O. The molecule has 0 bridgehead atoms. The van der Waals surface area contributed by atoms with Crippen molar-refractivity contribution in [1.82, 2.24) is 0 Å². The molecule has 0 heterocycles. The standard InChI is InChI=1S/C30H16O8/c1-13-22-18(27(34)16-8-4-10-19(31)24(16)29(22)36)12-20(32)23(13)30(37)38-21-11-5-9-17-25(21)28(35)15-7-3-2-6-14(15)26(17)33/h2-12,31-32H,1H3. The van der Waals surface area contributed by atoms with Gasteiger partial charge in [0.25, 0.3) is 0 Å². The van der Waals surface area contributed by atoms with E-state index in [0.717, 1.165) is 6.07 Å². The Morgan fingerprint density at radius 1 is 0.605 bits per heavy atom. The lowest BCUT2D eigenvalue weighted by Crippen LogP contribution is -2.25. The largest absolute Gasteiger partial charge is 0.507 e. The summed E-state index contributed by atoms with van der Waals surface area (Å²) < 4.78 is 5.52. The monoisotopic (exact) mass is 504 g/mol. The number of esters is 1. The number of phenols is 2. The van der Waals surface area contributed by atoms with Gasteiger partial charge >= 0.3 is 5.97 Å². The average molecular weight is 504 g/mol. The van der Waals surface area contributed by atoms with Crippen molar-refractivity contribution >= 4 is 29.1 Å². The predicted octanol–water partition coefficient (Wildman–Crippen LogP) is 4.18. The van der Waals surface area contributed by atoms with E-state index in [0.29, 0.717) is 0 Å². The number of ketones is 4. The third-order valence-corrected chi connectivity index (χ3v) is 6.86. The summed E-state index contributed by atoms with van der Waals surface area (Å²) in [6, 6.07) is 15.7. The minimum atomic E-state index is -1.10. The molecule has 0 radical (unpaired) electrons. The predicted molar refractivity (Wildman–Crippen MR) is 133 cm³/mol. The van der Waals surface area contributed by atoms with Crippen LogP contribution in [0.5, 0.6) is 17.2 Å². The summed E-state index contributed by atoms with van der Waals surface area (Å²) >= 11 is 0. The number of fused-ring (bicyclic) bond motifs is 4. The van der Waals surface area contributed by atoms with E-state index in [2.05, 4.69) is 0 Å². The van der Waals surface area contributed by atoms with Gasteiger partial charge in [-0.2, -0.15) is 0 Å². The first-order valence-electron chi connectivity index (χ1n) is 11.5. The van der Waals surface area contributed by atoms with Crippen molar-refractivity contribution in [2.75, 3.05) is 0 Å². The van der Waals surface area contributed by atoms with E-state index in [-0.39, 0.29) is 61.6 Å². The van der Waals surface area contributed by atoms with Crippen molar-refractivity contribution in [1.29, 1.82) is 0 Å². The lowest BCUT2D eigenvalue weighted by molar-refractivity contribution is 0.0727. The van der Waals surface area contributed by atoms with Gasteiger partial charge in [0.1, 0.15) is 22.8 Å². The number of carbonyl (C=O) groups is 5. The Kier molecular flexibility index (Phi) is 4.90. The molecule has 8 heteroatoms. The Hall–Kier alpha value is -5.37. The molecular formula is C30H16O8. The highest BCUT2D eigenvalue weighted by molar-refractivity contribution is 6.31. The highest BCUT2D eigenvalue weighted by Crippen LogP contribution is 2.39. The van der Waals surface area contributed by atoms with E-state index in [1.807, 2.05) is 0 Å². The van der Waals surface area contributed by atoms with Crippen LogP contribution < -0.4 is 4.74 Å². The second-order valence-electron chi connectivity index (χ2n) is 8.95. The van der Waals surface area contributed by atoms with Crippen molar-refractivity contribution < 1.29 is 38.9 Å². The van der Waals surface area contributed by atoms with Gasteiger partial charge in [-0.3, -0.25) is 19.2 Å². The van der Waals surface area contributed by atoms with Crippen LogP contribution in [0, 0.1) is 6.92 Å². The fraction of sp³-hybridized carbons (Fsp3) is 0.0333. The first kappa shape index (κ1) is 23.1. The van der Waals surface area contributed by atoms with Crippen molar-refractivity contribution in [3.8, 4) is 17.2 Å². The molecule has 0 aliphatic heterocycles. The molecule has 0 aromatic heterocycles. The minimum Gasteiger partial charge on any atom is -0.507 e. The molecular weight excluding hydrogens is 488 g/mol. The van der Waals surface area contributed by atoms with Gasteiger partial charge in [-0.05, 0) is 30.7 Å². The fourth-order valence-corrected chi connectivity index (χ4v) is 5.12. The lowest BCUT2D eigenvalue weighted by atomic mass is 9.80. The van der Waals surface area contributed by atoms with Crippen molar-refractivity contribution in [3.63, 3.8) is 0 Å². The average Bonchev–Trinajstić information content (AvgIpc) is 2.90. The molecule has 184 valence electrons. The van der Waals surface area contributed by atoms with Crippen LogP contribution in [0.3, 0.4) is 0 Å². The van der Waals surface area contributed by atoms with E-state index in [4.69, 9.17) is 4.74 Å². The Morgan fingerprint density at radius 2 is 1.18 bits per heavy atom. The van der Waals surface area contributed by atoms with Gasteiger partial charge < -0.3 is 14.9 Å². The van der Waals surface area contributed by atoms with Crippen LogP contribution in [0.15, 0.2) is 66.7 Å². The topological polar surface area (TPSA) is 135 Å². The number of carbonyl (C=O) groups excluding carboxylic acids is 5. The fourth-order valence-electron chi connectivity index (χ4n) is 5.12. The molecule has 0 unspecified atom stereocenters. The number of rotatable bonds is 2. The van der Waals surface area contributed by atoms with Crippen molar-refractivity contribution in [2.24, 2.45) is 0 Å². The third-order valence-electron chi connectivity index (χ3n) is 6.86. The van der Waals surface area contributed by atoms with Crippen molar-refractivity contribution in [3.05, 3.63) is 122 Å². The summed E-state index contributed by atoms with van der Waals surface area (Å²) in [5, 5.41) is 21.0. The van der Waals surface area contributed by atoms with Crippen molar-refractivity contribution in [2.45, 2.75) is 6.92 Å². The molecule has 38 heavy (non-hydrogen) atoms. The van der Waals surface area contributed by atoms with E-state index >= 15 is 0 Å². The summed E-state index contributed by atoms with van der Waals surface area (Å²) in [6.07, 6.45) is 0. The summed E-state index contributed by atoms with van der Waals surface area (Å²) in [4.78, 5) is 65.9. The summed E-state index contributed by atoms with van der Waals surface area (Å²) in [7, 11) is 0. The molecule has 0 spiro atoms. The van der Waals surface area contributed by atoms with Crippen LogP contribution in [0.2, 0.25) is 0 Å². The first-order chi connectivity index (χ1) is 18.2. The lowest BCUT2D eigenvalue weighted by Gasteiger charge is -2.22. The minimum absolute atomic E-state index is 0.0176. The summed E-state index contributed by atoms with van der Waals surface area (Å²) in [6.45, 7) is 1.37. The van der Waals surface area contributed by atoms with Crippen LogP contribution in [0.1, 0.15) is 79.6 Å². The van der Waals surface area contributed by atoms with E-state index in [9.17, 15) is 34.2 Å². The molecule has 4 aromatic rings. The molecule has 0 atom stereocenters. The normalized spacial score (nSPS) is 13.4. The van der Waals surface area contributed by atoms with E-state index in [1.54, 1.807) is 18.2 Å². The zero-order valence-corrected chi connectivity index (χ0v) is 19.7. The number of hydrogen-bond donors (Lipinski definition) is 2. The second-order valence-corrected chi connectivity index (χ2v) is 8.95. The molecule has 2 aliphatic rings. The molecule has 2 N–H and O–H groups in total. The Morgan fingerprint density at radius 3 is 1.89 bits per heavy atom. The molecule has 0 saturated heterocycles. The van der Waals surface area contributed by atoms with Gasteiger partial charge in [-0.25, -0.2) is 4.79 Å².